The number of nitrogens with zero attached hydrogens (tertiary/aromatic N) is 2. The highest BCUT2D eigenvalue weighted by molar-refractivity contribution is 7.99. The lowest BCUT2D eigenvalue weighted by molar-refractivity contribution is 0.744. The van der Waals surface area contributed by atoms with Crippen LogP contribution in [0.5, 0.6) is 0 Å². The number of hydrogen-bond donors (Lipinski definition) is 2. The Morgan fingerprint density at radius 1 is 1.37 bits per heavy atom. The first kappa shape index (κ1) is 14.4. The SMILES string of the molecule is CCCc1nc(N)c(C)c(NC2CCC(SC)C2)n1. The fourth-order valence-electron chi connectivity index (χ4n) is 2.54. The number of nitrogen functional groups attached to an aromatic ring is 1. The van der Waals surface area contributed by atoms with E-state index in [1.807, 2.05) is 18.7 Å². The van der Waals surface area contributed by atoms with Crippen LogP contribution < -0.4 is 11.1 Å². The molecule has 0 saturated heterocycles. The molecule has 5 heteroatoms. The highest BCUT2D eigenvalue weighted by Gasteiger charge is 2.24. The van der Waals surface area contributed by atoms with Crippen molar-refractivity contribution >= 4 is 23.4 Å². The molecule has 1 aliphatic rings. The van der Waals surface area contributed by atoms with Gasteiger partial charge in [0.05, 0.1) is 0 Å². The third kappa shape index (κ3) is 3.53. The fourth-order valence-corrected chi connectivity index (χ4v) is 3.33. The zero-order chi connectivity index (χ0) is 13.8. The summed E-state index contributed by atoms with van der Waals surface area (Å²) in [6.07, 6.45) is 7.85. The molecular weight excluding hydrogens is 256 g/mol. The van der Waals surface area contributed by atoms with Gasteiger partial charge in [-0.05, 0) is 38.9 Å². The fraction of sp³-hybridized carbons (Fsp3) is 0.714. The summed E-state index contributed by atoms with van der Waals surface area (Å²) < 4.78 is 0. The molecule has 0 spiro atoms. The Hall–Kier alpha value is -0.970. The van der Waals surface area contributed by atoms with Gasteiger partial charge in [-0.3, -0.25) is 0 Å². The summed E-state index contributed by atoms with van der Waals surface area (Å²) in [4.78, 5) is 8.98. The van der Waals surface area contributed by atoms with Crippen LogP contribution in [0.1, 0.15) is 44.0 Å². The van der Waals surface area contributed by atoms with Crippen molar-refractivity contribution in [3.05, 3.63) is 11.4 Å². The standard InChI is InChI=1S/C14H24N4S/c1-4-5-12-17-13(15)9(2)14(18-12)16-10-6-7-11(8-10)19-3/h10-11H,4-8H2,1-3H3,(H3,15,16,17,18). The van der Waals surface area contributed by atoms with Gasteiger partial charge in [0.25, 0.3) is 0 Å². The van der Waals surface area contributed by atoms with Crippen LogP contribution in [0.3, 0.4) is 0 Å². The second kappa shape index (κ2) is 6.46. The van der Waals surface area contributed by atoms with E-state index in [9.17, 15) is 0 Å². The predicted octanol–water partition coefficient (Wildman–Crippen LogP) is 3.02. The van der Waals surface area contributed by atoms with Crippen molar-refractivity contribution in [3.63, 3.8) is 0 Å². The average molecular weight is 280 g/mol. The molecule has 1 aliphatic carbocycles. The summed E-state index contributed by atoms with van der Waals surface area (Å²) in [7, 11) is 0. The Kier molecular flexibility index (Phi) is 4.91. The minimum absolute atomic E-state index is 0.528. The third-order valence-corrected chi connectivity index (χ3v) is 4.86. The molecule has 1 aromatic rings. The average Bonchev–Trinajstić information content (AvgIpc) is 2.83. The van der Waals surface area contributed by atoms with Gasteiger partial charge in [-0.1, -0.05) is 6.92 Å². The van der Waals surface area contributed by atoms with Gasteiger partial charge in [-0.15, -0.1) is 0 Å². The quantitative estimate of drug-likeness (QED) is 0.868. The lowest BCUT2D eigenvalue weighted by atomic mass is 10.2. The monoisotopic (exact) mass is 280 g/mol. The minimum atomic E-state index is 0.528. The van der Waals surface area contributed by atoms with E-state index in [0.29, 0.717) is 11.9 Å². The number of thioether (sulfide) groups is 1. The van der Waals surface area contributed by atoms with Gasteiger partial charge in [0.2, 0.25) is 0 Å². The Morgan fingerprint density at radius 2 is 2.16 bits per heavy atom. The van der Waals surface area contributed by atoms with Gasteiger partial charge < -0.3 is 11.1 Å². The van der Waals surface area contributed by atoms with Gasteiger partial charge in [-0.2, -0.15) is 11.8 Å². The number of hydrogen-bond acceptors (Lipinski definition) is 5. The van der Waals surface area contributed by atoms with Crippen LogP contribution in [0.2, 0.25) is 0 Å². The molecule has 4 nitrogen and oxygen atoms in total. The van der Waals surface area contributed by atoms with Crippen LogP contribution in [0.25, 0.3) is 0 Å². The van der Waals surface area contributed by atoms with Crippen molar-refractivity contribution in [2.24, 2.45) is 0 Å². The normalized spacial score (nSPS) is 22.7. The van der Waals surface area contributed by atoms with Crippen LogP contribution in [-0.2, 0) is 6.42 Å². The van der Waals surface area contributed by atoms with Gasteiger partial charge >= 0.3 is 0 Å². The summed E-state index contributed by atoms with van der Waals surface area (Å²) in [6.45, 7) is 4.13. The van der Waals surface area contributed by atoms with Crippen molar-refractivity contribution in [1.29, 1.82) is 0 Å². The summed E-state index contributed by atoms with van der Waals surface area (Å²) in [5.41, 5.74) is 6.96. The molecule has 0 amide bonds. The number of rotatable bonds is 5. The largest absolute Gasteiger partial charge is 0.383 e. The van der Waals surface area contributed by atoms with Crippen LogP contribution in [0, 0.1) is 6.92 Å². The molecule has 0 bridgehead atoms. The van der Waals surface area contributed by atoms with Crippen molar-refractivity contribution in [1.82, 2.24) is 9.97 Å². The Labute approximate surface area is 120 Å². The Balaban J connectivity index is 2.10. The summed E-state index contributed by atoms with van der Waals surface area (Å²) in [6, 6.07) is 0.528. The van der Waals surface area contributed by atoms with Crippen LogP contribution in [0.15, 0.2) is 0 Å². The molecule has 0 aromatic carbocycles. The zero-order valence-corrected chi connectivity index (χ0v) is 12.9. The van der Waals surface area contributed by atoms with E-state index in [0.717, 1.165) is 35.3 Å². The second-order valence-corrected chi connectivity index (χ2v) is 6.40. The van der Waals surface area contributed by atoms with Crippen molar-refractivity contribution in [2.75, 3.05) is 17.3 Å². The lowest BCUT2D eigenvalue weighted by Gasteiger charge is -2.17. The van der Waals surface area contributed by atoms with Gasteiger partial charge in [0.1, 0.15) is 17.5 Å². The third-order valence-electron chi connectivity index (χ3n) is 3.76. The van der Waals surface area contributed by atoms with E-state index >= 15 is 0 Å². The molecule has 1 fully saturated rings. The maximum atomic E-state index is 5.98. The molecule has 1 saturated carbocycles. The molecule has 2 atom stereocenters. The van der Waals surface area contributed by atoms with E-state index in [1.54, 1.807) is 0 Å². The van der Waals surface area contributed by atoms with E-state index in [1.165, 1.54) is 19.3 Å². The second-order valence-electron chi connectivity index (χ2n) is 5.26. The van der Waals surface area contributed by atoms with Gasteiger partial charge in [0.15, 0.2) is 0 Å². The highest BCUT2D eigenvalue weighted by Crippen LogP contribution is 2.31. The number of aromatic nitrogens is 2. The summed E-state index contributed by atoms with van der Waals surface area (Å²) in [5, 5.41) is 4.35. The van der Waals surface area contributed by atoms with Crippen molar-refractivity contribution in [2.45, 2.75) is 57.2 Å². The molecule has 3 N–H and O–H groups in total. The van der Waals surface area contributed by atoms with Crippen LogP contribution in [0.4, 0.5) is 11.6 Å². The number of aryl methyl sites for hydroxylation is 1. The Bertz CT molecular complexity index is 436. The predicted molar refractivity (Wildman–Crippen MR) is 83.7 cm³/mol. The molecule has 2 rings (SSSR count). The molecule has 0 radical (unpaired) electrons. The molecule has 19 heavy (non-hydrogen) atoms. The smallest absolute Gasteiger partial charge is 0.134 e. The molecular formula is C14H24N4S. The van der Waals surface area contributed by atoms with E-state index in [-0.39, 0.29) is 0 Å². The summed E-state index contributed by atoms with van der Waals surface area (Å²) >= 11 is 1.97. The topological polar surface area (TPSA) is 63.8 Å². The molecule has 106 valence electrons. The lowest BCUT2D eigenvalue weighted by Crippen LogP contribution is -2.19. The molecule has 1 aromatic heterocycles. The van der Waals surface area contributed by atoms with Gasteiger partial charge in [-0.25, -0.2) is 9.97 Å². The zero-order valence-electron chi connectivity index (χ0n) is 12.1. The summed E-state index contributed by atoms with van der Waals surface area (Å²) in [5.74, 6) is 2.40. The van der Waals surface area contributed by atoms with E-state index in [2.05, 4.69) is 28.5 Å². The van der Waals surface area contributed by atoms with Crippen LogP contribution in [-0.4, -0.2) is 27.5 Å². The Morgan fingerprint density at radius 3 is 2.79 bits per heavy atom. The first-order valence-electron chi connectivity index (χ1n) is 7.06. The van der Waals surface area contributed by atoms with Crippen molar-refractivity contribution < 1.29 is 0 Å². The number of nitrogens with two attached hydrogens (primary N) is 1. The molecule has 2 unspecified atom stereocenters. The first-order valence-corrected chi connectivity index (χ1v) is 8.35. The van der Waals surface area contributed by atoms with E-state index < -0.39 is 0 Å². The first-order chi connectivity index (χ1) is 9.13. The van der Waals surface area contributed by atoms with Crippen molar-refractivity contribution in [3.8, 4) is 0 Å². The maximum absolute atomic E-state index is 5.98. The number of nitrogens with one attached hydrogen (secondary N) is 1. The van der Waals surface area contributed by atoms with Gasteiger partial charge in [0, 0.05) is 23.3 Å². The number of anilines is 2. The molecule has 1 heterocycles. The minimum Gasteiger partial charge on any atom is -0.383 e. The van der Waals surface area contributed by atoms with E-state index in [4.69, 9.17) is 5.73 Å². The molecule has 0 aliphatic heterocycles. The maximum Gasteiger partial charge on any atom is 0.134 e. The van der Waals surface area contributed by atoms with Crippen LogP contribution >= 0.6 is 11.8 Å². The highest BCUT2D eigenvalue weighted by atomic mass is 32.2.